The Morgan fingerprint density at radius 1 is 1.24 bits per heavy atom. The van der Waals surface area contributed by atoms with Crippen LogP contribution in [0, 0.1) is 0 Å². The van der Waals surface area contributed by atoms with Gasteiger partial charge in [0.25, 0.3) is 0 Å². The van der Waals surface area contributed by atoms with Gasteiger partial charge in [-0.1, -0.05) is 35.3 Å². The van der Waals surface area contributed by atoms with Crippen molar-refractivity contribution >= 4 is 34.5 Å². The van der Waals surface area contributed by atoms with Gasteiger partial charge >= 0.3 is 0 Å². The Bertz CT molecular complexity index is 630. The first-order valence-electron chi connectivity index (χ1n) is 7.24. The van der Waals surface area contributed by atoms with Crippen LogP contribution in [0.1, 0.15) is 47.5 Å². The summed E-state index contributed by atoms with van der Waals surface area (Å²) in [6.45, 7) is 4.26. The maximum atomic E-state index is 6.42. The molecule has 0 fully saturated rings. The average molecular weight is 341 g/mol. The minimum absolute atomic E-state index is 0.00630. The third-order valence-electron chi connectivity index (χ3n) is 3.65. The molecule has 1 aromatic carbocycles. The Labute approximate surface area is 139 Å². The number of nitrogens with one attached hydrogen (secondary N) is 1. The monoisotopic (exact) mass is 340 g/mol. The molecule has 0 amide bonds. The summed E-state index contributed by atoms with van der Waals surface area (Å²) in [5.41, 5.74) is 2.27. The van der Waals surface area contributed by atoms with Crippen molar-refractivity contribution in [2.75, 3.05) is 0 Å². The molecular weight excluding hydrogens is 323 g/mol. The molecule has 3 rings (SSSR count). The zero-order chi connectivity index (χ0) is 15.0. The number of benzene rings is 1. The van der Waals surface area contributed by atoms with Crippen molar-refractivity contribution in [1.29, 1.82) is 0 Å². The average Bonchev–Trinajstić information content (AvgIpc) is 3.00. The maximum absolute atomic E-state index is 6.42. The molecule has 1 atom stereocenters. The van der Waals surface area contributed by atoms with Gasteiger partial charge in [-0.05, 0) is 44.7 Å². The van der Waals surface area contributed by atoms with Gasteiger partial charge in [0, 0.05) is 10.9 Å². The van der Waals surface area contributed by atoms with Gasteiger partial charge in [0.15, 0.2) is 0 Å². The number of hydrogen-bond acceptors (Lipinski definition) is 3. The van der Waals surface area contributed by atoms with Crippen molar-refractivity contribution in [1.82, 2.24) is 10.3 Å². The number of nitrogens with zero attached hydrogens (tertiary/aromatic N) is 1. The lowest BCUT2D eigenvalue weighted by Crippen LogP contribution is -2.29. The zero-order valence-electron chi connectivity index (χ0n) is 12.1. The molecule has 21 heavy (non-hydrogen) atoms. The van der Waals surface area contributed by atoms with Crippen LogP contribution in [0.25, 0.3) is 0 Å². The van der Waals surface area contributed by atoms with Crippen LogP contribution in [0.3, 0.4) is 0 Å². The van der Waals surface area contributed by atoms with E-state index in [0.717, 1.165) is 23.4 Å². The number of aryl methyl sites for hydroxylation is 2. The van der Waals surface area contributed by atoms with Crippen LogP contribution in [0.2, 0.25) is 10.0 Å². The quantitative estimate of drug-likeness (QED) is 0.844. The van der Waals surface area contributed by atoms with E-state index in [9.17, 15) is 0 Å². The van der Waals surface area contributed by atoms with Crippen molar-refractivity contribution in [2.45, 2.75) is 45.2 Å². The topological polar surface area (TPSA) is 24.9 Å². The van der Waals surface area contributed by atoms with Gasteiger partial charge < -0.3 is 5.32 Å². The van der Waals surface area contributed by atoms with E-state index < -0.39 is 0 Å². The molecule has 0 saturated carbocycles. The van der Waals surface area contributed by atoms with Crippen LogP contribution in [-0.4, -0.2) is 11.0 Å². The standard InChI is InChI=1S/C16H18Cl2N2S/c1-9(2)19-15(10-5-3-6-11(17)14(10)18)16-20-12-7-4-8-13(12)21-16/h3,5-6,9,15,19H,4,7-8H2,1-2H3. The van der Waals surface area contributed by atoms with Crippen LogP contribution in [0.5, 0.6) is 0 Å². The second kappa shape index (κ2) is 6.25. The summed E-state index contributed by atoms with van der Waals surface area (Å²) in [6.07, 6.45) is 3.49. The van der Waals surface area contributed by atoms with E-state index >= 15 is 0 Å². The molecule has 1 aliphatic rings. The molecule has 0 aliphatic heterocycles. The van der Waals surface area contributed by atoms with E-state index in [4.69, 9.17) is 28.2 Å². The number of thiazole rings is 1. The summed E-state index contributed by atoms with van der Waals surface area (Å²) in [7, 11) is 0. The van der Waals surface area contributed by atoms with E-state index in [2.05, 4.69) is 19.2 Å². The number of fused-ring (bicyclic) bond motifs is 1. The summed E-state index contributed by atoms with van der Waals surface area (Å²) in [5, 5.41) is 5.88. The molecule has 1 unspecified atom stereocenters. The van der Waals surface area contributed by atoms with Crippen LogP contribution >= 0.6 is 34.5 Å². The normalized spacial score (nSPS) is 15.5. The molecule has 0 spiro atoms. The van der Waals surface area contributed by atoms with Gasteiger partial charge in [0.1, 0.15) is 5.01 Å². The van der Waals surface area contributed by atoms with E-state index in [1.807, 2.05) is 18.2 Å². The van der Waals surface area contributed by atoms with Gasteiger partial charge in [0.05, 0.1) is 21.8 Å². The van der Waals surface area contributed by atoms with Crippen LogP contribution in [0.15, 0.2) is 18.2 Å². The van der Waals surface area contributed by atoms with Gasteiger partial charge in [0.2, 0.25) is 0 Å². The van der Waals surface area contributed by atoms with E-state index in [0.29, 0.717) is 16.1 Å². The Hall–Kier alpha value is -0.610. The molecule has 0 saturated heterocycles. The highest BCUT2D eigenvalue weighted by Crippen LogP contribution is 2.37. The Morgan fingerprint density at radius 3 is 2.76 bits per heavy atom. The number of aromatic nitrogens is 1. The summed E-state index contributed by atoms with van der Waals surface area (Å²) in [5.74, 6) is 0. The second-order valence-electron chi connectivity index (χ2n) is 5.67. The third-order valence-corrected chi connectivity index (χ3v) is 5.71. The first-order valence-corrected chi connectivity index (χ1v) is 8.82. The van der Waals surface area contributed by atoms with Gasteiger partial charge in [-0.2, -0.15) is 0 Å². The van der Waals surface area contributed by atoms with Crippen molar-refractivity contribution in [2.24, 2.45) is 0 Å². The molecule has 1 aliphatic carbocycles. The molecule has 2 nitrogen and oxygen atoms in total. The minimum Gasteiger partial charge on any atom is -0.302 e. The maximum Gasteiger partial charge on any atom is 0.115 e. The third kappa shape index (κ3) is 3.11. The van der Waals surface area contributed by atoms with Gasteiger partial charge in [-0.15, -0.1) is 11.3 Å². The molecule has 2 aromatic rings. The van der Waals surface area contributed by atoms with E-state index in [1.54, 1.807) is 11.3 Å². The lowest BCUT2D eigenvalue weighted by atomic mass is 10.1. The van der Waals surface area contributed by atoms with Crippen LogP contribution in [0.4, 0.5) is 0 Å². The number of halogens is 2. The predicted octanol–water partition coefficient (Wildman–Crippen LogP) is 5.03. The summed E-state index contributed by atoms with van der Waals surface area (Å²) in [6, 6.07) is 6.14. The Morgan fingerprint density at radius 2 is 2.05 bits per heavy atom. The van der Waals surface area contributed by atoms with E-state index in [-0.39, 0.29) is 6.04 Å². The second-order valence-corrected chi connectivity index (χ2v) is 7.57. The number of hydrogen-bond donors (Lipinski definition) is 1. The summed E-state index contributed by atoms with van der Waals surface area (Å²) >= 11 is 14.4. The molecule has 112 valence electrons. The summed E-state index contributed by atoms with van der Waals surface area (Å²) in [4.78, 5) is 6.27. The minimum atomic E-state index is 0.00630. The van der Waals surface area contributed by atoms with Crippen molar-refractivity contribution in [3.63, 3.8) is 0 Å². The molecule has 1 N–H and O–H groups in total. The highest BCUT2D eigenvalue weighted by Gasteiger charge is 2.25. The largest absolute Gasteiger partial charge is 0.302 e. The van der Waals surface area contributed by atoms with Crippen molar-refractivity contribution < 1.29 is 0 Å². The molecule has 1 aromatic heterocycles. The zero-order valence-corrected chi connectivity index (χ0v) is 14.4. The molecule has 0 bridgehead atoms. The highest BCUT2D eigenvalue weighted by molar-refractivity contribution is 7.11. The smallest absolute Gasteiger partial charge is 0.115 e. The fourth-order valence-corrected chi connectivity index (χ4v) is 4.35. The van der Waals surface area contributed by atoms with Gasteiger partial charge in [-0.25, -0.2) is 4.98 Å². The van der Waals surface area contributed by atoms with E-state index in [1.165, 1.54) is 17.0 Å². The van der Waals surface area contributed by atoms with Crippen LogP contribution in [-0.2, 0) is 12.8 Å². The first-order chi connectivity index (χ1) is 10.1. The molecule has 5 heteroatoms. The predicted molar refractivity (Wildman–Crippen MR) is 90.7 cm³/mol. The van der Waals surface area contributed by atoms with Crippen molar-refractivity contribution in [3.05, 3.63) is 49.4 Å². The lowest BCUT2D eigenvalue weighted by molar-refractivity contribution is 0.526. The lowest BCUT2D eigenvalue weighted by Gasteiger charge is -2.21. The van der Waals surface area contributed by atoms with Gasteiger partial charge in [-0.3, -0.25) is 0 Å². The summed E-state index contributed by atoms with van der Waals surface area (Å²) < 4.78 is 0. The van der Waals surface area contributed by atoms with Crippen LogP contribution < -0.4 is 5.32 Å². The molecular formula is C16H18Cl2N2S. The first kappa shape index (κ1) is 15.3. The van der Waals surface area contributed by atoms with Crippen molar-refractivity contribution in [3.8, 4) is 0 Å². The SMILES string of the molecule is CC(C)NC(c1nc2c(s1)CCC2)c1cccc(Cl)c1Cl. The number of rotatable bonds is 4. The Kier molecular flexibility index (Phi) is 4.55. The molecule has 1 heterocycles. The Balaban J connectivity index is 2.02. The molecule has 0 radical (unpaired) electrons. The fourth-order valence-electron chi connectivity index (χ4n) is 2.70. The fraction of sp³-hybridized carbons (Fsp3) is 0.438. The highest BCUT2D eigenvalue weighted by atomic mass is 35.5.